The number of nitrogens with one attached hydrogen (secondary N) is 1. The topological polar surface area (TPSA) is 89.4 Å². The molecule has 1 unspecified atom stereocenters. The quantitative estimate of drug-likeness (QED) is 0.678. The molecular weight excluding hydrogens is 382 g/mol. The molecule has 1 aliphatic rings. The minimum atomic E-state index is -0.767. The third-order valence-electron chi connectivity index (χ3n) is 5.40. The van der Waals surface area contributed by atoms with Crippen LogP contribution in [0.1, 0.15) is 26.7 Å². The molecule has 1 atom stereocenters. The molecule has 0 aliphatic carbocycles. The lowest BCUT2D eigenvalue weighted by atomic mass is 10.1. The summed E-state index contributed by atoms with van der Waals surface area (Å²) in [5.74, 6) is 0.134. The van der Waals surface area contributed by atoms with Gasteiger partial charge in [0.25, 0.3) is 5.91 Å². The summed E-state index contributed by atoms with van der Waals surface area (Å²) in [4.78, 5) is 27.6. The monoisotopic (exact) mass is 407 g/mol. The highest BCUT2D eigenvalue weighted by molar-refractivity contribution is 5.97. The van der Waals surface area contributed by atoms with Gasteiger partial charge in [-0.05, 0) is 37.1 Å². The fourth-order valence-electron chi connectivity index (χ4n) is 3.64. The molecule has 30 heavy (non-hydrogen) atoms. The first-order chi connectivity index (χ1) is 14.6. The fraction of sp³-hybridized carbons (Fsp3) is 0.364. The molecule has 2 amide bonds. The van der Waals surface area contributed by atoms with E-state index in [-0.39, 0.29) is 30.9 Å². The van der Waals surface area contributed by atoms with Gasteiger partial charge >= 0.3 is 0 Å². The van der Waals surface area contributed by atoms with Crippen LogP contribution in [0.2, 0.25) is 0 Å². The van der Waals surface area contributed by atoms with E-state index in [9.17, 15) is 9.59 Å². The maximum Gasteiger partial charge on any atom is 0.263 e. The molecule has 2 aromatic carbocycles. The van der Waals surface area contributed by atoms with Crippen molar-refractivity contribution in [1.82, 2.24) is 20.3 Å². The molecular formula is C22H25N5O3. The molecule has 0 bridgehead atoms. The largest absolute Gasteiger partial charge is 0.477 e. The number of amides is 2. The normalized spacial score (nSPS) is 15.7. The SMILES string of the molecule is CCC(CC)NC(=O)C1CN(C(=O)Cn2nnc3ccccc32)c2ccccc2O1. The Labute approximate surface area is 174 Å². The summed E-state index contributed by atoms with van der Waals surface area (Å²) in [6.07, 6.45) is 0.915. The number of fused-ring (bicyclic) bond motifs is 2. The first-order valence-electron chi connectivity index (χ1n) is 10.2. The third kappa shape index (κ3) is 3.85. The van der Waals surface area contributed by atoms with Crippen molar-refractivity contribution in [3.8, 4) is 5.75 Å². The Morgan fingerprint density at radius 1 is 1.13 bits per heavy atom. The molecule has 4 rings (SSSR count). The van der Waals surface area contributed by atoms with Gasteiger partial charge in [0.15, 0.2) is 6.10 Å². The summed E-state index contributed by atoms with van der Waals surface area (Å²) in [5, 5.41) is 11.2. The standard InChI is InChI=1S/C22H25N5O3/c1-3-15(4-2)23-22(29)20-13-26(18-11-7-8-12-19(18)30-20)21(28)14-27-17-10-6-5-9-16(17)24-25-27/h5-12,15,20H,3-4,13-14H2,1-2H3,(H,23,29). The lowest BCUT2D eigenvalue weighted by Gasteiger charge is -2.34. The number of carbonyl (C=O) groups excluding carboxylic acids is 2. The number of ether oxygens (including phenoxy) is 1. The predicted octanol–water partition coefficient (Wildman–Crippen LogP) is 2.53. The van der Waals surface area contributed by atoms with E-state index in [4.69, 9.17) is 4.74 Å². The van der Waals surface area contributed by atoms with Crippen LogP contribution in [0.3, 0.4) is 0 Å². The minimum absolute atomic E-state index is 0.0235. The van der Waals surface area contributed by atoms with Crippen LogP contribution in [0.5, 0.6) is 5.75 Å². The third-order valence-corrected chi connectivity index (χ3v) is 5.40. The molecule has 1 aromatic heterocycles. The molecule has 1 aliphatic heterocycles. The van der Waals surface area contributed by atoms with Gasteiger partial charge in [0.05, 0.1) is 17.7 Å². The molecule has 0 spiro atoms. The number of para-hydroxylation sites is 3. The number of rotatable bonds is 6. The van der Waals surface area contributed by atoms with Crippen molar-refractivity contribution in [3.63, 3.8) is 0 Å². The highest BCUT2D eigenvalue weighted by atomic mass is 16.5. The second-order valence-electron chi connectivity index (χ2n) is 7.34. The van der Waals surface area contributed by atoms with Crippen LogP contribution in [-0.4, -0.2) is 45.5 Å². The van der Waals surface area contributed by atoms with Crippen molar-refractivity contribution in [3.05, 3.63) is 48.5 Å². The van der Waals surface area contributed by atoms with Gasteiger partial charge in [0.2, 0.25) is 5.91 Å². The van der Waals surface area contributed by atoms with E-state index in [1.807, 2.05) is 56.3 Å². The Balaban J connectivity index is 1.57. The van der Waals surface area contributed by atoms with Crippen LogP contribution in [0.15, 0.2) is 48.5 Å². The maximum absolute atomic E-state index is 13.2. The van der Waals surface area contributed by atoms with Gasteiger partial charge in [-0.2, -0.15) is 0 Å². The molecule has 2 heterocycles. The Bertz CT molecular complexity index is 1060. The first kappa shape index (κ1) is 19.9. The molecule has 0 radical (unpaired) electrons. The second kappa shape index (κ2) is 8.52. The zero-order valence-corrected chi connectivity index (χ0v) is 17.1. The van der Waals surface area contributed by atoms with Gasteiger partial charge in [-0.15, -0.1) is 5.10 Å². The molecule has 156 valence electrons. The summed E-state index contributed by atoms with van der Waals surface area (Å²) in [6, 6.07) is 14.8. The minimum Gasteiger partial charge on any atom is -0.477 e. The maximum atomic E-state index is 13.2. The number of nitrogens with zero attached hydrogens (tertiary/aromatic N) is 4. The molecule has 1 N–H and O–H groups in total. The number of aromatic nitrogens is 3. The number of hydrogen-bond donors (Lipinski definition) is 1. The van der Waals surface area contributed by atoms with Crippen molar-refractivity contribution >= 4 is 28.5 Å². The van der Waals surface area contributed by atoms with E-state index < -0.39 is 6.10 Å². The van der Waals surface area contributed by atoms with Gasteiger partial charge in [0, 0.05) is 6.04 Å². The molecule has 0 saturated carbocycles. The molecule has 0 saturated heterocycles. The van der Waals surface area contributed by atoms with E-state index in [0.29, 0.717) is 11.4 Å². The second-order valence-corrected chi connectivity index (χ2v) is 7.34. The van der Waals surface area contributed by atoms with Crippen molar-refractivity contribution < 1.29 is 14.3 Å². The Morgan fingerprint density at radius 3 is 2.67 bits per heavy atom. The summed E-state index contributed by atoms with van der Waals surface area (Å²) >= 11 is 0. The summed E-state index contributed by atoms with van der Waals surface area (Å²) in [5.41, 5.74) is 2.17. The molecule has 3 aromatic rings. The Hall–Kier alpha value is -3.42. The van der Waals surface area contributed by atoms with Crippen LogP contribution in [0.25, 0.3) is 11.0 Å². The summed E-state index contributed by atoms with van der Waals surface area (Å²) in [7, 11) is 0. The summed E-state index contributed by atoms with van der Waals surface area (Å²) in [6.45, 7) is 4.23. The number of benzene rings is 2. The zero-order chi connectivity index (χ0) is 21.1. The first-order valence-corrected chi connectivity index (χ1v) is 10.2. The van der Waals surface area contributed by atoms with Crippen molar-refractivity contribution in [1.29, 1.82) is 0 Å². The predicted molar refractivity (Wildman–Crippen MR) is 113 cm³/mol. The number of carbonyl (C=O) groups is 2. The van der Waals surface area contributed by atoms with Gasteiger partial charge < -0.3 is 15.0 Å². The van der Waals surface area contributed by atoms with Crippen LogP contribution >= 0.6 is 0 Å². The highest BCUT2D eigenvalue weighted by Crippen LogP contribution is 2.33. The van der Waals surface area contributed by atoms with E-state index in [0.717, 1.165) is 23.9 Å². The fourth-order valence-corrected chi connectivity index (χ4v) is 3.64. The lowest BCUT2D eigenvalue weighted by Crippen LogP contribution is -2.53. The van der Waals surface area contributed by atoms with Crippen molar-refractivity contribution in [2.75, 3.05) is 11.4 Å². The number of anilines is 1. The molecule has 8 heteroatoms. The Morgan fingerprint density at radius 2 is 1.87 bits per heavy atom. The van der Waals surface area contributed by atoms with Crippen molar-refractivity contribution in [2.24, 2.45) is 0 Å². The van der Waals surface area contributed by atoms with E-state index in [2.05, 4.69) is 15.6 Å². The average molecular weight is 407 g/mol. The van der Waals surface area contributed by atoms with E-state index in [1.54, 1.807) is 15.6 Å². The smallest absolute Gasteiger partial charge is 0.263 e. The van der Waals surface area contributed by atoms with E-state index in [1.165, 1.54) is 0 Å². The van der Waals surface area contributed by atoms with Gasteiger partial charge in [0.1, 0.15) is 17.8 Å². The van der Waals surface area contributed by atoms with Crippen LogP contribution in [-0.2, 0) is 16.1 Å². The van der Waals surface area contributed by atoms with Gasteiger partial charge in [-0.25, -0.2) is 4.68 Å². The zero-order valence-electron chi connectivity index (χ0n) is 17.1. The molecule has 0 fully saturated rings. The average Bonchev–Trinajstić information content (AvgIpc) is 3.19. The van der Waals surface area contributed by atoms with Crippen LogP contribution < -0.4 is 15.0 Å². The van der Waals surface area contributed by atoms with Crippen molar-refractivity contribution in [2.45, 2.75) is 45.4 Å². The highest BCUT2D eigenvalue weighted by Gasteiger charge is 2.34. The van der Waals surface area contributed by atoms with Crippen LogP contribution in [0, 0.1) is 0 Å². The summed E-state index contributed by atoms with van der Waals surface area (Å²) < 4.78 is 7.51. The van der Waals surface area contributed by atoms with E-state index >= 15 is 0 Å². The van der Waals surface area contributed by atoms with Crippen LogP contribution in [0.4, 0.5) is 5.69 Å². The number of hydrogen-bond acceptors (Lipinski definition) is 5. The van der Waals surface area contributed by atoms with Gasteiger partial charge in [-0.1, -0.05) is 43.3 Å². The van der Waals surface area contributed by atoms with Gasteiger partial charge in [-0.3, -0.25) is 9.59 Å². The molecule has 8 nitrogen and oxygen atoms in total. The lowest BCUT2D eigenvalue weighted by molar-refractivity contribution is -0.129. The Kier molecular flexibility index (Phi) is 5.65.